The number of carbonyl (C=O) groups is 1. The first-order valence-electron chi connectivity index (χ1n) is 8.77. The summed E-state index contributed by atoms with van der Waals surface area (Å²) in [4.78, 5) is 13.5. The Balaban J connectivity index is 1.76. The van der Waals surface area contributed by atoms with Gasteiger partial charge in [-0.05, 0) is 35.6 Å². The number of carboxylic acids is 1. The highest BCUT2D eigenvalue weighted by Crippen LogP contribution is 2.37. The molecular formula is C21H25NO3. The third kappa shape index (κ3) is 4.60. The van der Waals surface area contributed by atoms with Gasteiger partial charge in [-0.2, -0.15) is 0 Å². The molecule has 2 atom stereocenters. The van der Waals surface area contributed by atoms with Crippen molar-refractivity contribution in [3.05, 3.63) is 65.7 Å². The highest BCUT2D eigenvalue weighted by atomic mass is 16.5. The first-order chi connectivity index (χ1) is 12.2. The normalized spacial score (nSPS) is 20.5. The van der Waals surface area contributed by atoms with Crippen LogP contribution in [0.15, 0.2) is 54.6 Å². The van der Waals surface area contributed by atoms with E-state index in [1.165, 1.54) is 11.1 Å². The van der Waals surface area contributed by atoms with E-state index in [1.54, 1.807) is 7.11 Å². The van der Waals surface area contributed by atoms with Crippen molar-refractivity contribution in [1.29, 1.82) is 0 Å². The molecule has 1 fully saturated rings. The number of nitrogens with zero attached hydrogens (tertiary/aromatic N) is 1. The molecular weight excluding hydrogens is 314 g/mol. The van der Waals surface area contributed by atoms with E-state index in [2.05, 4.69) is 41.3 Å². The van der Waals surface area contributed by atoms with Crippen LogP contribution in [0.2, 0.25) is 0 Å². The summed E-state index contributed by atoms with van der Waals surface area (Å²) in [7, 11) is 1.68. The molecule has 0 radical (unpaired) electrons. The summed E-state index contributed by atoms with van der Waals surface area (Å²) in [5.41, 5.74) is 2.54. The van der Waals surface area contributed by atoms with E-state index in [1.807, 2.05) is 18.2 Å². The quantitative estimate of drug-likeness (QED) is 0.834. The SMILES string of the molecule is COc1cccc([C@@H]2CN(Cc3ccccc3)C[C@H]2CCC(=O)O)c1. The van der Waals surface area contributed by atoms with Gasteiger partial charge in [0.1, 0.15) is 5.75 Å². The summed E-state index contributed by atoms with van der Waals surface area (Å²) in [6.45, 7) is 2.79. The van der Waals surface area contributed by atoms with E-state index in [-0.39, 0.29) is 6.42 Å². The fourth-order valence-electron chi connectivity index (χ4n) is 3.78. The smallest absolute Gasteiger partial charge is 0.303 e. The Morgan fingerprint density at radius 1 is 1.16 bits per heavy atom. The van der Waals surface area contributed by atoms with Gasteiger partial charge in [0.2, 0.25) is 0 Å². The van der Waals surface area contributed by atoms with Gasteiger partial charge in [0.05, 0.1) is 7.11 Å². The van der Waals surface area contributed by atoms with E-state index in [0.717, 1.165) is 25.4 Å². The van der Waals surface area contributed by atoms with Gasteiger partial charge in [-0.25, -0.2) is 0 Å². The van der Waals surface area contributed by atoms with Crippen molar-refractivity contribution < 1.29 is 14.6 Å². The van der Waals surface area contributed by atoms with Crippen LogP contribution >= 0.6 is 0 Å². The molecule has 0 aliphatic carbocycles. The lowest BCUT2D eigenvalue weighted by Crippen LogP contribution is -2.20. The van der Waals surface area contributed by atoms with Gasteiger partial charge in [-0.15, -0.1) is 0 Å². The van der Waals surface area contributed by atoms with Crippen LogP contribution in [0.4, 0.5) is 0 Å². The molecule has 0 aromatic heterocycles. The number of hydrogen-bond acceptors (Lipinski definition) is 3. The molecule has 25 heavy (non-hydrogen) atoms. The Morgan fingerprint density at radius 2 is 1.96 bits per heavy atom. The molecule has 3 rings (SSSR count). The van der Waals surface area contributed by atoms with Crippen molar-refractivity contribution >= 4 is 5.97 Å². The van der Waals surface area contributed by atoms with Gasteiger partial charge in [-0.1, -0.05) is 42.5 Å². The molecule has 2 aromatic carbocycles. The summed E-state index contributed by atoms with van der Waals surface area (Å²) in [6, 6.07) is 18.6. The predicted octanol–water partition coefficient (Wildman–Crippen LogP) is 3.78. The Labute approximate surface area is 149 Å². The lowest BCUT2D eigenvalue weighted by molar-refractivity contribution is -0.137. The van der Waals surface area contributed by atoms with E-state index < -0.39 is 5.97 Å². The maximum Gasteiger partial charge on any atom is 0.303 e. The third-order valence-electron chi connectivity index (χ3n) is 5.02. The highest BCUT2D eigenvalue weighted by Gasteiger charge is 2.34. The van der Waals surface area contributed by atoms with Crippen LogP contribution in [0.3, 0.4) is 0 Å². The summed E-state index contributed by atoms with van der Waals surface area (Å²) in [5, 5.41) is 9.08. The summed E-state index contributed by atoms with van der Waals surface area (Å²) in [5.74, 6) is 0.840. The third-order valence-corrected chi connectivity index (χ3v) is 5.02. The van der Waals surface area contributed by atoms with Crippen molar-refractivity contribution in [2.45, 2.75) is 25.3 Å². The van der Waals surface area contributed by atoms with Crippen LogP contribution in [0, 0.1) is 5.92 Å². The van der Waals surface area contributed by atoms with Crippen LogP contribution < -0.4 is 4.74 Å². The molecule has 2 aromatic rings. The summed E-state index contributed by atoms with van der Waals surface area (Å²) in [6.07, 6.45) is 0.937. The number of ether oxygens (including phenoxy) is 1. The monoisotopic (exact) mass is 339 g/mol. The largest absolute Gasteiger partial charge is 0.497 e. The molecule has 1 N–H and O–H groups in total. The minimum absolute atomic E-state index is 0.227. The number of carboxylic acid groups (broad SMARTS) is 1. The summed E-state index contributed by atoms with van der Waals surface area (Å²) >= 11 is 0. The average molecular weight is 339 g/mol. The van der Waals surface area contributed by atoms with Gasteiger partial charge in [0.15, 0.2) is 0 Å². The van der Waals surface area contributed by atoms with Gasteiger partial charge in [0.25, 0.3) is 0 Å². The number of aliphatic carboxylic acids is 1. The number of hydrogen-bond donors (Lipinski definition) is 1. The molecule has 0 bridgehead atoms. The van der Waals surface area contributed by atoms with E-state index in [4.69, 9.17) is 9.84 Å². The van der Waals surface area contributed by atoms with Crippen LogP contribution in [-0.2, 0) is 11.3 Å². The minimum atomic E-state index is -0.717. The maximum absolute atomic E-state index is 11.0. The molecule has 0 unspecified atom stereocenters. The minimum Gasteiger partial charge on any atom is -0.497 e. The van der Waals surface area contributed by atoms with Crippen LogP contribution in [0.5, 0.6) is 5.75 Å². The molecule has 1 saturated heterocycles. The molecule has 0 saturated carbocycles. The number of likely N-dealkylation sites (tertiary alicyclic amines) is 1. The van der Waals surface area contributed by atoms with Crippen molar-refractivity contribution in [3.8, 4) is 5.75 Å². The molecule has 1 heterocycles. The molecule has 0 spiro atoms. The number of methoxy groups -OCH3 is 1. The Morgan fingerprint density at radius 3 is 2.68 bits per heavy atom. The zero-order chi connectivity index (χ0) is 17.6. The van der Waals surface area contributed by atoms with E-state index >= 15 is 0 Å². The zero-order valence-electron chi connectivity index (χ0n) is 14.6. The second kappa shape index (κ2) is 8.17. The highest BCUT2D eigenvalue weighted by molar-refractivity contribution is 5.66. The van der Waals surface area contributed by atoms with Gasteiger partial charge < -0.3 is 9.84 Å². The van der Waals surface area contributed by atoms with Crippen LogP contribution in [0.25, 0.3) is 0 Å². The molecule has 1 aliphatic rings. The molecule has 0 amide bonds. The van der Waals surface area contributed by atoms with Gasteiger partial charge in [0, 0.05) is 32.0 Å². The topological polar surface area (TPSA) is 49.8 Å². The standard InChI is InChI=1S/C21H25NO3/c1-25-19-9-5-8-17(12-19)20-15-22(13-16-6-3-2-4-7-16)14-18(20)10-11-21(23)24/h2-9,12,18,20H,10-11,13-15H2,1H3,(H,23,24)/t18-,20+/m1/s1. The van der Waals surface area contributed by atoms with E-state index in [0.29, 0.717) is 18.3 Å². The fourth-order valence-corrected chi connectivity index (χ4v) is 3.78. The Kier molecular flexibility index (Phi) is 5.71. The first kappa shape index (κ1) is 17.5. The molecule has 1 aliphatic heterocycles. The van der Waals surface area contributed by atoms with Gasteiger partial charge in [-0.3, -0.25) is 9.69 Å². The second-order valence-electron chi connectivity index (χ2n) is 6.76. The zero-order valence-corrected chi connectivity index (χ0v) is 14.6. The second-order valence-corrected chi connectivity index (χ2v) is 6.76. The van der Waals surface area contributed by atoms with Crippen LogP contribution in [-0.4, -0.2) is 36.2 Å². The van der Waals surface area contributed by atoms with Crippen molar-refractivity contribution in [2.75, 3.05) is 20.2 Å². The average Bonchev–Trinajstić information content (AvgIpc) is 3.03. The molecule has 4 nitrogen and oxygen atoms in total. The lowest BCUT2D eigenvalue weighted by atomic mass is 9.86. The van der Waals surface area contributed by atoms with Crippen molar-refractivity contribution in [3.63, 3.8) is 0 Å². The fraction of sp³-hybridized carbons (Fsp3) is 0.381. The molecule has 132 valence electrons. The Hall–Kier alpha value is -2.33. The Bertz CT molecular complexity index is 701. The number of rotatable bonds is 7. The molecule has 4 heteroatoms. The van der Waals surface area contributed by atoms with Crippen molar-refractivity contribution in [2.24, 2.45) is 5.92 Å². The maximum atomic E-state index is 11.0. The lowest BCUT2D eigenvalue weighted by Gasteiger charge is -2.18. The number of benzene rings is 2. The summed E-state index contributed by atoms with van der Waals surface area (Å²) < 4.78 is 5.36. The predicted molar refractivity (Wildman–Crippen MR) is 97.8 cm³/mol. The van der Waals surface area contributed by atoms with E-state index in [9.17, 15) is 4.79 Å². The first-order valence-corrected chi connectivity index (χ1v) is 8.77. The van der Waals surface area contributed by atoms with Gasteiger partial charge >= 0.3 is 5.97 Å². The van der Waals surface area contributed by atoms with Crippen molar-refractivity contribution in [1.82, 2.24) is 4.90 Å². The van der Waals surface area contributed by atoms with Crippen LogP contribution in [0.1, 0.15) is 29.9 Å².